The Morgan fingerprint density at radius 2 is 1.94 bits per heavy atom. The molecule has 2 saturated heterocycles. The van der Waals surface area contributed by atoms with Gasteiger partial charge in [0.25, 0.3) is 0 Å². The lowest BCUT2D eigenvalue weighted by Crippen LogP contribution is -2.55. The van der Waals surface area contributed by atoms with Gasteiger partial charge in [-0.2, -0.15) is 11.8 Å². The highest BCUT2D eigenvalue weighted by Gasteiger charge is 2.49. The molecule has 2 fully saturated rings. The average molecular weight is 243 g/mol. The van der Waals surface area contributed by atoms with Crippen LogP contribution in [0.3, 0.4) is 0 Å². The Kier molecular flexibility index (Phi) is 3.80. The normalized spacial score (nSPS) is 37.2. The summed E-state index contributed by atoms with van der Waals surface area (Å²) in [4.78, 5) is 13.9. The number of aliphatic carboxylic acids is 1. The third kappa shape index (κ3) is 2.23. The maximum absolute atomic E-state index is 11.6. The summed E-state index contributed by atoms with van der Waals surface area (Å²) in [5, 5.41) is 10.1. The number of rotatable bonds is 2. The number of carbonyl (C=O) groups is 1. The summed E-state index contributed by atoms with van der Waals surface area (Å²) in [6.07, 6.45) is 5.65. The number of hydrogen-bond acceptors (Lipinski definition) is 3. The third-order valence-corrected chi connectivity index (χ3v) is 5.22. The highest BCUT2D eigenvalue weighted by Crippen LogP contribution is 2.39. The van der Waals surface area contributed by atoms with Crippen LogP contribution in [0.5, 0.6) is 0 Å². The molecule has 1 N–H and O–H groups in total. The Bertz CT molecular complexity index is 264. The van der Waals surface area contributed by atoms with Gasteiger partial charge in [0.1, 0.15) is 5.54 Å². The van der Waals surface area contributed by atoms with E-state index in [0.29, 0.717) is 5.25 Å². The molecule has 0 amide bonds. The fourth-order valence-electron chi connectivity index (χ4n) is 2.88. The zero-order chi connectivity index (χ0) is 11.6. The van der Waals surface area contributed by atoms with Crippen molar-refractivity contribution < 1.29 is 9.90 Å². The molecule has 2 unspecified atom stereocenters. The second-order valence-corrected chi connectivity index (χ2v) is 6.49. The van der Waals surface area contributed by atoms with Gasteiger partial charge in [-0.15, -0.1) is 0 Å². The molecule has 0 spiro atoms. The van der Waals surface area contributed by atoms with E-state index in [1.165, 1.54) is 12.8 Å². The van der Waals surface area contributed by atoms with Gasteiger partial charge in [0.05, 0.1) is 0 Å². The fourth-order valence-corrected chi connectivity index (χ4v) is 4.25. The number of likely N-dealkylation sites (tertiary alicyclic amines) is 1. The van der Waals surface area contributed by atoms with E-state index in [2.05, 4.69) is 11.8 Å². The van der Waals surface area contributed by atoms with Gasteiger partial charge >= 0.3 is 5.97 Å². The Labute approximate surface area is 102 Å². The Hall–Kier alpha value is -0.220. The van der Waals surface area contributed by atoms with Crippen LogP contribution < -0.4 is 0 Å². The van der Waals surface area contributed by atoms with E-state index >= 15 is 0 Å². The van der Waals surface area contributed by atoms with Gasteiger partial charge in [-0.05, 0) is 32.4 Å². The second-order valence-electron chi connectivity index (χ2n) is 5.06. The van der Waals surface area contributed by atoms with Crippen LogP contribution in [-0.4, -0.2) is 45.6 Å². The summed E-state index contributed by atoms with van der Waals surface area (Å²) in [7, 11) is 0. The summed E-state index contributed by atoms with van der Waals surface area (Å²) in [5.74, 6) is 0.162. The standard InChI is InChI=1S/C12H21NO2S/c1-10-8-12(9-16-10,11(14)15)13-6-4-2-3-5-7-13/h10H,2-9H2,1H3,(H,14,15). The van der Waals surface area contributed by atoms with E-state index in [-0.39, 0.29) is 0 Å². The average Bonchev–Trinajstić information content (AvgIpc) is 2.51. The van der Waals surface area contributed by atoms with Crippen LogP contribution in [0.4, 0.5) is 0 Å². The van der Waals surface area contributed by atoms with Crippen LogP contribution in [0.2, 0.25) is 0 Å². The van der Waals surface area contributed by atoms with Crippen molar-refractivity contribution >= 4 is 17.7 Å². The van der Waals surface area contributed by atoms with Crippen LogP contribution in [0.25, 0.3) is 0 Å². The van der Waals surface area contributed by atoms with Crippen LogP contribution in [0.1, 0.15) is 39.0 Å². The molecule has 0 radical (unpaired) electrons. The van der Waals surface area contributed by atoms with Crippen LogP contribution in [-0.2, 0) is 4.79 Å². The van der Waals surface area contributed by atoms with Gasteiger partial charge in [-0.1, -0.05) is 19.8 Å². The molecular formula is C12H21NO2S. The zero-order valence-corrected chi connectivity index (χ0v) is 10.8. The predicted octanol–water partition coefficient (Wildman–Crippen LogP) is 2.21. The van der Waals surface area contributed by atoms with Crippen LogP contribution in [0.15, 0.2) is 0 Å². The Morgan fingerprint density at radius 1 is 1.31 bits per heavy atom. The van der Waals surface area contributed by atoms with Crippen molar-refractivity contribution in [2.75, 3.05) is 18.8 Å². The Balaban J connectivity index is 2.14. The maximum atomic E-state index is 11.6. The molecule has 3 nitrogen and oxygen atoms in total. The summed E-state index contributed by atoms with van der Waals surface area (Å²) in [6, 6.07) is 0. The first-order valence-corrected chi connectivity index (χ1v) is 7.30. The largest absolute Gasteiger partial charge is 0.480 e. The van der Waals surface area contributed by atoms with Gasteiger partial charge < -0.3 is 5.11 Å². The van der Waals surface area contributed by atoms with E-state index in [4.69, 9.17) is 0 Å². The highest BCUT2D eigenvalue weighted by atomic mass is 32.2. The fraction of sp³-hybridized carbons (Fsp3) is 0.917. The summed E-state index contributed by atoms with van der Waals surface area (Å²) in [6.45, 7) is 4.09. The summed E-state index contributed by atoms with van der Waals surface area (Å²) in [5.41, 5.74) is -0.561. The van der Waals surface area contributed by atoms with Crippen molar-refractivity contribution in [1.29, 1.82) is 0 Å². The quantitative estimate of drug-likeness (QED) is 0.807. The molecule has 0 aliphatic carbocycles. The predicted molar refractivity (Wildman–Crippen MR) is 66.9 cm³/mol. The number of carboxylic acids is 1. The van der Waals surface area contributed by atoms with E-state index in [1.807, 2.05) is 11.8 Å². The van der Waals surface area contributed by atoms with Crippen molar-refractivity contribution in [2.45, 2.75) is 49.8 Å². The van der Waals surface area contributed by atoms with E-state index < -0.39 is 11.5 Å². The number of nitrogens with zero attached hydrogens (tertiary/aromatic N) is 1. The molecule has 0 aromatic heterocycles. The maximum Gasteiger partial charge on any atom is 0.325 e. The minimum Gasteiger partial charge on any atom is -0.480 e. The number of carboxylic acid groups (broad SMARTS) is 1. The monoisotopic (exact) mass is 243 g/mol. The molecule has 16 heavy (non-hydrogen) atoms. The lowest BCUT2D eigenvalue weighted by atomic mass is 9.93. The second kappa shape index (κ2) is 4.96. The molecule has 2 heterocycles. The third-order valence-electron chi connectivity index (χ3n) is 3.84. The molecule has 2 rings (SSSR count). The molecule has 4 heteroatoms. The molecule has 92 valence electrons. The molecule has 0 aromatic carbocycles. The van der Waals surface area contributed by atoms with Crippen molar-refractivity contribution in [1.82, 2.24) is 4.90 Å². The minimum absolute atomic E-state index is 0.486. The summed E-state index contributed by atoms with van der Waals surface area (Å²) < 4.78 is 0. The first-order valence-electron chi connectivity index (χ1n) is 6.25. The minimum atomic E-state index is -0.605. The van der Waals surface area contributed by atoms with E-state index in [0.717, 1.165) is 38.1 Å². The molecule has 2 aliphatic rings. The van der Waals surface area contributed by atoms with Crippen LogP contribution >= 0.6 is 11.8 Å². The topological polar surface area (TPSA) is 40.5 Å². The Morgan fingerprint density at radius 3 is 2.38 bits per heavy atom. The zero-order valence-electron chi connectivity index (χ0n) is 9.95. The lowest BCUT2D eigenvalue weighted by molar-refractivity contribution is -0.150. The molecular weight excluding hydrogens is 222 g/mol. The first-order chi connectivity index (χ1) is 7.65. The summed E-state index contributed by atoms with van der Waals surface area (Å²) >= 11 is 1.81. The van der Waals surface area contributed by atoms with Crippen LogP contribution in [0, 0.1) is 0 Å². The molecule has 0 saturated carbocycles. The molecule has 2 atom stereocenters. The smallest absolute Gasteiger partial charge is 0.325 e. The van der Waals surface area contributed by atoms with Crippen molar-refractivity contribution in [2.24, 2.45) is 0 Å². The highest BCUT2D eigenvalue weighted by molar-refractivity contribution is 8.00. The SMILES string of the molecule is CC1CC(C(=O)O)(N2CCCCCC2)CS1. The molecule has 0 bridgehead atoms. The van der Waals surface area contributed by atoms with Gasteiger partial charge in [0.2, 0.25) is 0 Å². The lowest BCUT2D eigenvalue weighted by Gasteiger charge is -2.36. The number of hydrogen-bond donors (Lipinski definition) is 1. The number of thioether (sulfide) groups is 1. The van der Waals surface area contributed by atoms with Crippen molar-refractivity contribution in [3.8, 4) is 0 Å². The van der Waals surface area contributed by atoms with Gasteiger partial charge in [-0.3, -0.25) is 9.69 Å². The first kappa shape index (κ1) is 12.2. The van der Waals surface area contributed by atoms with Crippen molar-refractivity contribution in [3.63, 3.8) is 0 Å². The van der Waals surface area contributed by atoms with Gasteiger partial charge in [-0.25, -0.2) is 0 Å². The van der Waals surface area contributed by atoms with Crippen molar-refractivity contribution in [3.05, 3.63) is 0 Å². The molecule has 0 aromatic rings. The van der Waals surface area contributed by atoms with Gasteiger partial charge in [0, 0.05) is 11.0 Å². The van der Waals surface area contributed by atoms with Gasteiger partial charge in [0.15, 0.2) is 0 Å². The molecule has 2 aliphatic heterocycles. The van der Waals surface area contributed by atoms with E-state index in [1.54, 1.807) is 0 Å². The van der Waals surface area contributed by atoms with E-state index in [9.17, 15) is 9.90 Å².